The molecule has 0 atom stereocenters. The van der Waals surface area contributed by atoms with Gasteiger partial charge in [-0.1, -0.05) is 39.5 Å². The predicted octanol–water partition coefficient (Wildman–Crippen LogP) is 2.91. The van der Waals surface area contributed by atoms with Gasteiger partial charge in [0.05, 0.1) is 6.61 Å². The highest BCUT2D eigenvalue weighted by atomic mass is 16.5. The minimum atomic E-state index is -0.0782. The van der Waals surface area contributed by atoms with Crippen LogP contribution in [0, 0.1) is 0 Å². The van der Waals surface area contributed by atoms with E-state index in [0.29, 0.717) is 13.0 Å². The fraction of sp³-hybridized carbons (Fsp3) is 0.900. The maximum Gasteiger partial charge on any atom is 0.305 e. The summed E-state index contributed by atoms with van der Waals surface area (Å²) < 4.78 is 4.93. The van der Waals surface area contributed by atoms with E-state index < -0.39 is 0 Å². The molecule has 72 valence electrons. The lowest BCUT2D eigenvalue weighted by molar-refractivity contribution is -0.143. The standard InChI is InChI=1S/C10H20O2/c1-3-5-6-7-8-9-12-10(11)4-2/h3-9H2,1-2H3. The smallest absolute Gasteiger partial charge is 0.305 e. The molecule has 0 heterocycles. The summed E-state index contributed by atoms with van der Waals surface area (Å²) in [5.41, 5.74) is 0. The van der Waals surface area contributed by atoms with Gasteiger partial charge in [-0.3, -0.25) is 4.79 Å². The van der Waals surface area contributed by atoms with Crippen molar-refractivity contribution in [2.75, 3.05) is 6.61 Å². The van der Waals surface area contributed by atoms with Crippen LogP contribution in [0.15, 0.2) is 0 Å². The second kappa shape index (κ2) is 8.57. The molecule has 0 fully saturated rings. The van der Waals surface area contributed by atoms with Crippen molar-refractivity contribution in [1.82, 2.24) is 0 Å². The summed E-state index contributed by atoms with van der Waals surface area (Å²) in [4.78, 5) is 10.7. The molecule has 2 heteroatoms. The van der Waals surface area contributed by atoms with Crippen molar-refractivity contribution in [3.8, 4) is 0 Å². The molecule has 0 unspecified atom stereocenters. The molecule has 0 aromatic carbocycles. The largest absolute Gasteiger partial charge is 0.466 e. The second-order valence-electron chi connectivity index (χ2n) is 2.99. The van der Waals surface area contributed by atoms with Gasteiger partial charge in [-0.25, -0.2) is 0 Å². The van der Waals surface area contributed by atoms with Crippen LogP contribution >= 0.6 is 0 Å². The molecule has 0 aromatic rings. The van der Waals surface area contributed by atoms with E-state index >= 15 is 0 Å². The van der Waals surface area contributed by atoms with Gasteiger partial charge in [-0.2, -0.15) is 0 Å². The number of ether oxygens (including phenoxy) is 1. The van der Waals surface area contributed by atoms with Gasteiger partial charge in [-0.05, 0) is 6.42 Å². The van der Waals surface area contributed by atoms with Crippen LogP contribution in [0.5, 0.6) is 0 Å². The summed E-state index contributed by atoms with van der Waals surface area (Å²) in [5.74, 6) is -0.0782. The van der Waals surface area contributed by atoms with Crippen molar-refractivity contribution in [1.29, 1.82) is 0 Å². The molecular formula is C10H20O2. The Morgan fingerprint density at radius 3 is 2.33 bits per heavy atom. The first-order chi connectivity index (χ1) is 5.81. The van der Waals surface area contributed by atoms with Gasteiger partial charge >= 0.3 is 5.97 Å². The highest BCUT2D eigenvalue weighted by molar-refractivity contribution is 5.68. The molecule has 0 spiro atoms. The van der Waals surface area contributed by atoms with Crippen LogP contribution in [-0.2, 0) is 9.53 Å². The molecule has 0 bridgehead atoms. The van der Waals surface area contributed by atoms with E-state index in [1.54, 1.807) is 0 Å². The lowest BCUT2D eigenvalue weighted by Gasteiger charge is -2.02. The normalized spacial score (nSPS) is 9.83. The topological polar surface area (TPSA) is 26.3 Å². The SMILES string of the molecule is CCCCCCCOC(=O)CC. The first-order valence-electron chi connectivity index (χ1n) is 4.96. The van der Waals surface area contributed by atoms with Gasteiger partial charge in [0, 0.05) is 6.42 Å². The van der Waals surface area contributed by atoms with Gasteiger partial charge < -0.3 is 4.74 Å². The highest BCUT2D eigenvalue weighted by Gasteiger charge is 1.96. The Bertz CT molecular complexity index is 110. The first-order valence-corrected chi connectivity index (χ1v) is 4.96. The zero-order chi connectivity index (χ0) is 9.23. The molecule has 0 rings (SSSR count). The van der Waals surface area contributed by atoms with Gasteiger partial charge in [-0.15, -0.1) is 0 Å². The number of rotatable bonds is 7. The van der Waals surface area contributed by atoms with Crippen LogP contribution < -0.4 is 0 Å². The van der Waals surface area contributed by atoms with Crippen molar-refractivity contribution in [3.63, 3.8) is 0 Å². The fourth-order valence-corrected chi connectivity index (χ4v) is 0.994. The third kappa shape index (κ3) is 7.58. The van der Waals surface area contributed by atoms with E-state index in [1.807, 2.05) is 6.92 Å². The molecular weight excluding hydrogens is 152 g/mol. The van der Waals surface area contributed by atoms with Crippen molar-refractivity contribution in [3.05, 3.63) is 0 Å². The number of carbonyl (C=O) groups is 1. The van der Waals surface area contributed by atoms with Crippen LogP contribution in [0.1, 0.15) is 52.4 Å². The predicted molar refractivity (Wildman–Crippen MR) is 50.0 cm³/mol. The molecule has 0 saturated carbocycles. The first kappa shape index (κ1) is 11.5. The van der Waals surface area contributed by atoms with E-state index in [-0.39, 0.29) is 5.97 Å². The molecule has 0 aromatic heterocycles. The lowest BCUT2D eigenvalue weighted by Crippen LogP contribution is -2.03. The van der Waals surface area contributed by atoms with Crippen LogP contribution in [-0.4, -0.2) is 12.6 Å². The molecule has 0 aliphatic heterocycles. The van der Waals surface area contributed by atoms with Gasteiger partial charge in [0.2, 0.25) is 0 Å². The van der Waals surface area contributed by atoms with Crippen molar-refractivity contribution in [2.24, 2.45) is 0 Å². The minimum Gasteiger partial charge on any atom is -0.466 e. The summed E-state index contributed by atoms with van der Waals surface area (Å²) in [7, 11) is 0. The summed E-state index contributed by atoms with van der Waals surface area (Å²) in [6.45, 7) is 4.62. The second-order valence-corrected chi connectivity index (χ2v) is 2.99. The van der Waals surface area contributed by atoms with E-state index in [1.165, 1.54) is 25.7 Å². The summed E-state index contributed by atoms with van der Waals surface area (Å²) in [5, 5.41) is 0. The maximum atomic E-state index is 10.7. The monoisotopic (exact) mass is 172 g/mol. The fourth-order valence-electron chi connectivity index (χ4n) is 0.994. The number of esters is 1. The minimum absolute atomic E-state index is 0.0782. The Labute approximate surface area is 75.3 Å². The Morgan fingerprint density at radius 1 is 1.08 bits per heavy atom. The molecule has 0 aliphatic carbocycles. The van der Waals surface area contributed by atoms with E-state index in [0.717, 1.165) is 6.42 Å². The third-order valence-electron chi connectivity index (χ3n) is 1.80. The molecule has 0 amide bonds. The van der Waals surface area contributed by atoms with Crippen LogP contribution in [0.25, 0.3) is 0 Å². The molecule has 2 nitrogen and oxygen atoms in total. The van der Waals surface area contributed by atoms with Crippen molar-refractivity contribution in [2.45, 2.75) is 52.4 Å². The van der Waals surface area contributed by atoms with Crippen molar-refractivity contribution >= 4 is 5.97 Å². The summed E-state index contributed by atoms with van der Waals surface area (Å²) >= 11 is 0. The highest BCUT2D eigenvalue weighted by Crippen LogP contribution is 2.02. The van der Waals surface area contributed by atoms with E-state index in [9.17, 15) is 4.79 Å². The average molecular weight is 172 g/mol. The van der Waals surface area contributed by atoms with Crippen LogP contribution in [0.2, 0.25) is 0 Å². The maximum absolute atomic E-state index is 10.7. The Morgan fingerprint density at radius 2 is 1.75 bits per heavy atom. The van der Waals surface area contributed by atoms with E-state index in [4.69, 9.17) is 4.74 Å². The quantitative estimate of drug-likeness (QED) is 0.436. The van der Waals surface area contributed by atoms with E-state index in [2.05, 4.69) is 6.92 Å². The molecule has 0 radical (unpaired) electrons. The third-order valence-corrected chi connectivity index (χ3v) is 1.80. The van der Waals surface area contributed by atoms with Gasteiger partial charge in [0.1, 0.15) is 0 Å². The van der Waals surface area contributed by atoms with Gasteiger partial charge in [0.25, 0.3) is 0 Å². The Balaban J connectivity index is 2.95. The Hall–Kier alpha value is -0.530. The number of carbonyl (C=O) groups excluding carboxylic acids is 1. The van der Waals surface area contributed by atoms with Crippen LogP contribution in [0.4, 0.5) is 0 Å². The summed E-state index contributed by atoms with van der Waals surface area (Å²) in [6, 6.07) is 0. The zero-order valence-electron chi connectivity index (χ0n) is 8.27. The molecule has 12 heavy (non-hydrogen) atoms. The molecule has 0 N–H and O–H groups in total. The Kier molecular flexibility index (Phi) is 8.19. The lowest BCUT2D eigenvalue weighted by atomic mass is 10.2. The zero-order valence-corrected chi connectivity index (χ0v) is 8.27. The van der Waals surface area contributed by atoms with Crippen molar-refractivity contribution < 1.29 is 9.53 Å². The average Bonchev–Trinajstić information content (AvgIpc) is 2.10. The van der Waals surface area contributed by atoms with Crippen LogP contribution in [0.3, 0.4) is 0 Å². The van der Waals surface area contributed by atoms with Gasteiger partial charge in [0.15, 0.2) is 0 Å². The molecule has 0 aliphatic rings. The molecule has 0 saturated heterocycles. The number of unbranched alkanes of at least 4 members (excludes halogenated alkanes) is 4. The number of hydrogen-bond donors (Lipinski definition) is 0. The number of hydrogen-bond acceptors (Lipinski definition) is 2. The summed E-state index contributed by atoms with van der Waals surface area (Å²) in [6.07, 6.45) is 6.52.